The van der Waals surface area contributed by atoms with Gasteiger partial charge in [0, 0.05) is 25.4 Å². The maximum absolute atomic E-state index is 12.6. The third kappa shape index (κ3) is 4.26. The van der Waals surface area contributed by atoms with Crippen molar-refractivity contribution in [3.63, 3.8) is 0 Å². The first kappa shape index (κ1) is 16.8. The number of hydrogen-bond donors (Lipinski definition) is 2. The van der Waals surface area contributed by atoms with Crippen LogP contribution in [-0.2, 0) is 13.0 Å². The first-order chi connectivity index (χ1) is 11.8. The van der Waals surface area contributed by atoms with E-state index in [1.165, 1.54) is 5.56 Å². The van der Waals surface area contributed by atoms with E-state index in [0.717, 1.165) is 44.3 Å². The van der Waals surface area contributed by atoms with Gasteiger partial charge in [0.1, 0.15) is 5.69 Å². The number of aryl methyl sites for hydroxylation is 2. The summed E-state index contributed by atoms with van der Waals surface area (Å²) in [6.07, 6.45) is 6.80. The predicted octanol–water partition coefficient (Wildman–Crippen LogP) is 3.01. The zero-order valence-electron chi connectivity index (χ0n) is 14.0. The third-order valence-electron chi connectivity index (χ3n) is 4.99. The van der Waals surface area contributed by atoms with Gasteiger partial charge in [0.05, 0.1) is 0 Å². The van der Waals surface area contributed by atoms with E-state index in [1.807, 2.05) is 41.1 Å². The Morgan fingerprint density at radius 3 is 2.54 bits per heavy atom. The average molecular weight is 326 g/mol. The van der Waals surface area contributed by atoms with Gasteiger partial charge in [-0.25, -0.2) is 0 Å². The van der Waals surface area contributed by atoms with E-state index in [4.69, 9.17) is 0 Å². The van der Waals surface area contributed by atoms with E-state index in [1.54, 1.807) is 0 Å². The molecule has 0 atom stereocenters. The van der Waals surface area contributed by atoms with Crippen molar-refractivity contribution in [2.45, 2.75) is 44.7 Å². The van der Waals surface area contributed by atoms with Gasteiger partial charge < -0.3 is 15.0 Å². The molecule has 1 fully saturated rings. The van der Waals surface area contributed by atoms with Crippen molar-refractivity contribution in [2.24, 2.45) is 5.92 Å². The highest BCUT2D eigenvalue weighted by Crippen LogP contribution is 2.24. The van der Waals surface area contributed by atoms with Gasteiger partial charge in [-0.3, -0.25) is 4.79 Å². The van der Waals surface area contributed by atoms with E-state index in [0.29, 0.717) is 5.92 Å². The Hall–Kier alpha value is -2.07. The molecule has 4 nitrogen and oxygen atoms in total. The smallest absolute Gasteiger partial charge is 0.268 e. The molecule has 4 heteroatoms. The topological polar surface area (TPSA) is 54.3 Å². The SMILES string of the molecule is O=C(NC1CCC(CO)CC1)c1cccn1CCc1ccccc1. The van der Waals surface area contributed by atoms with Gasteiger partial charge in [0.15, 0.2) is 0 Å². The molecule has 1 aromatic heterocycles. The molecule has 2 aromatic rings. The van der Waals surface area contributed by atoms with Crippen molar-refractivity contribution < 1.29 is 9.90 Å². The van der Waals surface area contributed by atoms with Crippen LogP contribution in [-0.4, -0.2) is 28.2 Å². The fourth-order valence-corrected chi connectivity index (χ4v) is 3.46. The molecule has 0 aliphatic heterocycles. The van der Waals surface area contributed by atoms with Crippen LogP contribution in [0.15, 0.2) is 48.7 Å². The highest BCUT2D eigenvalue weighted by Gasteiger charge is 2.23. The van der Waals surface area contributed by atoms with Gasteiger partial charge in [0.2, 0.25) is 0 Å². The molecular formula is C20H26N2O2. The molecule has 1 aromatic carbocycles. The molecular weight excluding hydrogens is 300 g/mol. The molecule has 0 bridgehead atoms. The second-order valence-electron chi connectivity index (χ2n) is 6.70. The zero-order valence-corrected chi connectivity index (χ0v) is 14.0. The monoisotopic (exact) mass is 326 g/mol. The third-order valence-corrected chi connectivity index (χ3v) is 4.99. The molecule has 0 unspecified atom stereocenters. The quantitative estimate of drug-likeness (QED) is 0.857. The van der Waals surface area contributed by atoms with Crippen LogP contribution in [0.1, 0.15) is 41.7 Å². The Morgan fingerprint density at radius 2 is 1.83 bits per heavy atom. The number of rotatable bonds is 6. The molecule has 1 saturated carbocycles. The number of aliphatic hydroxyl groups is 1. The molecule has 0 saturated heterocycles. The van der Waals surface area contributed by atoms with Crippen LogP contribution in [0.25, 0.3) is 0 Å². The second kappa shape index (κ2) is 8.15. The lowest BCUT2D eigenvalue weighted by molar-refractivity contribution is 0.0904. The van der Waals surface area contributed by atoms with Gasteiger partial charge in [-0.15, -0.1) is 0 Å². The van der Waals surface area contributed by atoms with Crippen molar-refractivity contribution in [1.29, 1.82) is 0 Å². The maximum atomic E-state index is 12.6. The first-order valence-electron chi connectivity index (χ1n) is 8.87. The summed E-state index contributed by atoms with van der Waals surface area (Å²) in [5.41, 5.74) is 2.01. The Kier molecular flexibility index (Phi) is 5.70. The minimum atomic E-state index is 0.0144. The number of carbonyl (C=O) groups excluding carboxylic acids is 1. The summed E-state index contributed by atoms with van der Waals surface area (Å²) in [6.45, 7) is 1.07. The minimum absolute atomic E-state index is 0.0144. The van der Waals surface area contributed by atoms with E-state index >= 15 is 0 Å². The van der Waals surface area contributed by atoms with E-state index in [2.05, 4.69) is 17.4 Å². The summed E-state index contributed by atoms with van der Waals surface area (Å²) in [7, 11) is 0. The fraction of sp³-hybridized carbons (Fsp3) is 0.450. The van der Waals surface area contributed by atoms with Crippen molar-refractivity contribution >= 4 is 5.91 Å². The Bertz CT molecular complexity index is 643. The number of aromatic nitrogens is 1. The van der Waals surface area contributed by atoms with Gasteiger partial charge in [-0.2, -0.15) is 0 Å². The minimum Gasteiger partial charge on any atom is -0.396 e. The number of amides is 1. The summed E-state index contributed by atoms with van der Waals surface area (Å²) in [4.78, 5) is 12.6. The molecule has 1 aliphatic carbocycles. The van der Waals surface area contributed by atoms with Gasteiger partial charge in [-0.05, 0) is 55.7 Å². The molecule has 0 spiro atoms. The highest BCUT2D eigenvalue weighted by atomic mass is 16.3. The van der Waals surface area contributed by atoms with Crippen LogP contribution >= 0.6 is 0 Å². The number of benzene rings is 1. The number of aliphatic hydroxyl groups excluding tert-OH is 1. The normalized spacial score (nSPS) is 20.7. The lowest BCUT2D eigenvalue weighted by Crippen LogP contribution is -2.38. The summed E-state index contributed by atoms with van der Waals surface area (Å²) < 4.78 is 2.03. The Labute approximate surface area is 143 Å². The van der Waals surface area contributed by atoms with Crippen molar-refractivity contribution in [2.75, 3.05) is 6.61 Å². The number of nitrogens with one attached hydrogen (secondary N) is 1. The molecule has 1 aliphatic rings. The number of nitrogens with zero attached hydrogens (tertiary/aromatic N) is 1. The maximum Gasteiger partial charge on any atom is 0.268 e. The van der Waals surface area contributed by atoms with Crippen LogP contribution in [0, 0.1) is 5.92 Å². The van der Waals surface area contributed by atoms with Gasteiger partial charge >= 0.3 is 0 Å². The molecule has 1 heterocycles. The number of carbonyl (C=O) groups is 1. The lowest BCUT2D eigenvalue weighted by atomic mass is 9.86. The van der Waals surface area contributed by atoms with Crippen molar-refractivity contribution in [3.8, 4) is 0 Å². The van der Waals surface area contributed by atoms with Crippen LogP contribution in [0.3, 0.4) is 0 Å². The summed E-state index contributed by atoms with van der Waals surface area (Å²) in [5.74, 6) is 0.424. The summed E-state index contributed by atoms with van der Waals surface area (Å²) in [6, 6.07) is 14.4. The van der Waals surface area contributed by atoms with Crippen LogP contribution in [0.4, 0.5) is 0 Å². The molecule has 2 N–H and O–H groups in total. The molecule has 0 radical (unpaired) electrons. The second-order valence-corrected chi connectivity index (χ2v) is 6.70. The first-order valence-corrected chi connectivity index (χ1v) is 8.87. The Morgan fingerprint density at radius 1 is 1.08 bits per heavy atom. The van der Waals surface area contributed by atoms with Crippen LogP contribution in [0.5, 0.6) is 0 Å². The van der Waals surface area contributed by atoms with Crippen molar-refractivity contribution in [1.82, 2.24) is 9.88 Å². The van der Waals surface area contributed by atoms with Crippen LogP contribution in [0.2, 0.25) is 0 Å². The Balaban J connectivity index is 1.55. The molecule has 3 rings (SSSR count). The average Bonchev–Trinajstić information content (AvgIpc) is 3.10. The van der Waals surface area contributed by atoms with E-state index < -0.39 is 0 Å². The van der Waals surface area contributed by atoms with Gasteiger partial charge in [-0.1, -0.05) is 30.3 Å². The lowest BCUT2D eigenvalue weighted by Gasteiger charge is -2.28. The predicted molar refractivity (Wildman–Crippen MR) is 94.9 cm³/mol. The van der Waals surface area contributed by atoms with Crippen LogP contribution < -0.4 is 5.32 Å². The summed E-state index contributed by atoms with van der Waals surface area (Å²) in [5, 5.41) is 12.4. The van der Waals surface area contributed by atoms with E-state index in [-0.39, 0.29) is 18.6 Å². The highest BCUT2D eigenvalue weighted by molar-refractivity contribution is 5.92. The van der Waals surface area contributed by atoms with E-state index in [9.17, 15) is 9.90 Å². The molecule has 1 amide bonds. The molecule has 128 valence electrons. The largest absolute Gasteiger partial charge is 0.396 e. The number of hydrogen-bond acceptors (Lipinski definition) is 2. The fourth-order valence-electron chi connectivity index (χ4n) is 3.46. The van der Waals surface area contributed by atoms with Crippen molar-refractivity contribution in [3.05, 3.63) is 59.9 Å². The standard InChI is InChI=1S/C20H26N2O2/c23-15-17-8-10-18(11-9-17)21-20(24)19-7-4-13-22(19)14-12-16-5-2-1-3-6-16/h1-7,13,17-18,23H,8-12,14-15H2,(H,21,24). The van der Waals surface area contributed by atoms with Gasteiger partial charge in [0.25, 0.3) is 5.91 Å². The summed E-state index contributed by atoms with van der Waals surface area (Å²) >= 11 is 0. The molecule has 24 heavy (non-hydrogen) atoms. The zero-order chi connectivity index (χ0) is 16.8.